The first kappa shape index (κ1) is 14.9. The maximum Gasteiger partial charge on any atom is 0.317 e. The van der Waals surface area contributed by atoms with Crippen LogP contribution in [0.5, 0.6) is 0 Å². The van der Waals surface area contributed by atoms with Gasteiger partial charge in [-0.05, 0) is 56.6 Å². The Morgan fingerprint density at radius 2 is 2.19 bits per heavy atom. The molecule has 1 aromatic heterocycles. The summed E-state index contributed by atoms with van der Waals surface area (Å²) < 4.78 is 0. The predicted octanol–water partition coefficient (Wildman–Crippen LogP) is 3.08. The highest BCUT2D eigenvalue weighted by Gasteiger charge is 2.28. The smallest absolute Gasteiger partial charge is 0.317 e. The third-order valence-corrected chi connectivity index (χ3v) is 5.82. The average Bonchev–Trinajstić information content (AvgIpc) is 3.09. The van der Waals surface area contributed by atoms with Gasteiger partial charge in [-0.15, -0.1) is 11.3 Å². The molecule has 0 radical (unpaired) electrons. The van der Waals surface area contributed by atoms with Gasteiger partial charge in [0.1, 0.15) is 0 Å². The van der Waals surface area contributed by atoms with Crippen LogP contribution in [0.3, 0.4) is 0 Å². The van der Waals surface area contributed by atoms with Gasteiger partial charge in [0, 0.05) is 24.5 Å². The van der Waals surface area contributed by atoms with Crippen molar-refractivity contribution in [2.75, 3.05) is 26.7 Å². The summed E-state index contributed by atoms with van der Waals surface area (Å²) in [6.07, 6.45) is 6.12. The van der Waals surface area contributed by atoms with E-state index in [2.05, 4.69) is 27.7 Å². The topological polar surface area (TPSA) is 35.6 Å². The number of hydrogen-bond donors (Lipinski definition) is 1. The highest BCUT2D eigenvalue weighted by molar-refractivity contribution is 7.10. The second-order valence-electron chi connectivity index (χ2n) is 6.16. The molecule has 2 fully saturated rings. The molecule has 2 amide bonds. The Bertz CT molecular complexity index is 452. The van der Waals surface area contributed by atoms with Crippen LogP contribution in [-0.2, 0) is 0 Å². The molecule has 1 saturated heterocycles. The van der Waals surface area contributed by atoms with Crippen LogP contribution in [0.15, 0.2) is 17.5 Å². The van der Waals surface area contributed by atoms with Gasteiger partial charge in [-0.25, -0.2) is 4.79 Å². The van der Waals surface area contributed by atoms with Gasteiger partial charge in [0.25, 0.3) is 0 Å². The fourth-order valence-corrected chi connectivity index (χ4v) is 4.05. The van der Waals surface area contributed by atoms with E-state index in [1.54, 1.807) is 11.3 Å². The van der Waals surface area contributed by atoms with Crippen LogP contribution in [0.4, 0.5) is 4.79 Å². The van der Waals surface area contributed by atoms with E-state index >= 15 is 0 Å². The quantitative estimate of drug-likeness (QED) is 0.907. The zero-order valence-corrected chi connectivity index (χ0v) is 13.6. The predicted molar refractivity (Wildman–Crippen MR) is 86.7 cm³/mol. The molecule has 0 bridgehead atoms. The highest BCUT2D eigenvalue weighted by Crippen LogP contribution is 2.28. The molecule has 1 N–H and O–H groups in total. The fraction of sp³-hybridized carbons (Fsp3) is 0.688. The van der Waals surface area contributed by atoms with Crippen molar-refractivity contribution in [3.05, 3.63) is 22.4 Å². The first-order chi connectivity index (χ1) is 10.3. The number of likely N-dealkylation sites (tertiary alicyclic amines) is 1. The molecule has 1 aromatic rings. The monoisotopic (exact) mass is 307 g/mol. The van der Waals surface area contributed by atoms with E-state index in [1.165, 1.54) is 24.1 Å². The van der Waals surface area contributed by atoms with Crippen molar-refractivity contribution >= 4 is 17.4 Å². The Labute approximate surface area is 131 Å². The number of nitrogens with one attached hydrogen (secondary N) is 1. The number of amides is 2. The number of nitrogens with zero attached hydrogens (tertiary/aromatic N) is 2. The number of urea groups is 1. The molecule has 5 heteroatoms. The van der Waals surface area contributed by atoms with Gasteiger partial charge < -0.3 is 10.2 Å². The summed E-state index contributed by atoms with van der Waals surface area (Å²) >= 11 is 1.79. The molecule has 1 aliphatic heterocycles. The van der Waals surface area contributed by atoms with Crippen molar-refractivity contribution in [2.45, 2.75) is 44.2 Å². The average molecular weight is 307 g/mol. The maximum atomic E-state index is 12.3. The first-order valence-corrected chi connectivity index (χ1v) is 8.92. The minimum Gasteiger partial charge on any atom is -0.336 e. The van der Waals surface area contributed by atoms with Crippen LogP contribution in [0, 0.1) is 0 Å². The van der Waals surface area contributed by atoms with E-state index in [0.717, 1.165) is 32.5 Å². The van der Waals surface area contributed by atoms with Crippen LogP contribution < -0.4 is 5.32 Å². The molecule has 3 rings (SSSR count). The third kappa shape index (κ3) is 3.40. The summed E-state index contributed by atoms with van der Waals surface area (Å²) in [5.74, 6) is 0. The van der Waals surface area contributed by atoms with Crippen molar-refractivity contribution in [1.82, 2.24) is 15.1 Å². The summed E-state index contributed by atoms with van der Waals surface area (Å²) in [5, 5.41) is 5.27. The van der Waals surface area contributed by atoms with Crippen LogP contribution >= 0.6 is 11.3 Å². The van der Waals surface area contributed by atoms with Crippen molar-refractivity contribution in [3.8, 4) is 0 Å². The van der Waals surface area contributed by atoms with Crippen LogP contribution in [-0.4, -0.2) is 48.6 Å². The van der Waals surface area contributed by atoms with Gasteiger partial charge in [-0.1, -0.05) is 6.07 Å². The van der Waals surface area contributed by atoms with E-state index in [1.807, 2.05) is 11.9 Å². The Hall–Kier alpha value is -1.07. The van der Waals surface area contributed by atoms with Crippen molar-refractivity contribution in [2.24, 2.45) is 0 Å². The van der Waals surface area contributed by atoms with Gasteiger partial charge in [0.05, 0.1) is 6.04 Å². The highest BCUT2D eigenvalue weighted by atomic mass is 32.1. The molecule has 0 spiro atoms. The van der Waals surface area contributed by atoms with E-state index in [0.29, 0.717) is 12.1 Å². The molecule has 4 nitrogen and oxygen atoms in total. The first-order valence-electron chi connectivity index (χ1n) is 8.04. The Balaban J connectivity index is 1.57. The van der Waals surface area contributed by atoms with Crippen molar-refractivity contribution in [3.63, 3.8) is 0 Å². The Kier molecular flexibility index (Phi) is 4.80. The minimum atomic E-state index is 0.0838. The summed E-state index contributed by atoms with van der Waals surface area (Å²) in [5.41, 5.74) is 0. The SMILES string of the molecule is CN(C(=O)NC[C@H](c1cccs1)N1CCCC1)C1CCC1. The van der Waals surface area contributed by atoms with E-state index in [4.69, 9.17) is 0 Å². The van der Waals surface area contributed by atoms with Crippen molar-refractivity contribution < 1.29 is 4.79 Å². The molecule has 1 saturated carbocycles. The van der Waals surface area contributed by atoms with Crippen LogP contribution in [0.1, 0.15) is 43.0 Å². The van der Waals surface area contributed by atoms with Gasteiger partial charge in [-0.3, -0.25) is 4.90 Å². The normalized spacial score (nSPS) is 21.0. The third-order valence-electron chi connectivity index (χ3n) is 4.84. The maximum absolute atomic E-state index is 12.3. The molecule has 2 heterocycles. The number of carbonyl (C=O) groups excluding carboxylic acids is 1. The lowest BCUT2D eigenvalue weighted by Gasteiger charge is -2.35. The van der Waals surface area contributed by atoms with Gasteiger partial charge in [-0.2, -0.15) is 0 Å². The lowest BCUT2D eigenvalue weighted by molar-refractivity contribution is 0.153. The lowest BCUT2D eigenvalue weighted by Crippen LogP contribution is -2.48. The number of hydrogen-bond acceptors (Lipinski definition) is 3. The van der Waals surface area contributed by atoms with Crippen molar-refractivity contribution in [1.29, 1.82) is 0 Å². The number of carbonyl (C=O) groups is 1. The molecular weight excluding hydrogens is 282 g/mol. The second-order valence-corrected chi connectivity index (χ2v) is 7.14. The zero-order chi connectivity index (χ0) is 14.7. The van der Waals surface area contributed by atoms with E-state index in [9.17, 15) is 4.79 Å². The molecule has 0 aromatic carbocycles. The van der Waals surface area contributed by atoms with Crippen LogP contribution in [0.25, 0.3) is 0 Å². The Morgan fingerprint density at radius 3 is 2.76 bits per heavy atom. The summed E-state index contributed by atoms with van der Waals surface area (Å²) in [6, 6.07) is 5.17. The standard InChI is InChI=1S/C16H25N3OS/c1-18(13-6-4-7-13)16(20)17-12-14(15-8-5-11-21-15)19-9-2-3-10-19/h5,8,11,13-14H,2-4,6-7,9-10,12H2,1H3,(H,17,20)/t14-/m1/s1. The second kappa shape index (κ2) is 6.79. The van der Waals surface area contributed by atoms with Gasteiger partial charge in [0.2, 0.25) is 0 Å². The van der Waals surface area contributed by atoms with Gasteiger partial charge in [0.15, 0.2) is 0 Å². The molecule has 2 aliphatic rings. The lowest BCUT2D eigenvalue weighted by atomic mass is 9.92. The van der Waals surface area contributed by atoms with E-state index in [-0.39, 0.29) is 6.03 Å². The summed E-state index contributed by atoms with van der Waals surface area (Å²) in [7, 11) is 1.93. The minimum absolute atomic E-state index is 0.0838. The molecule has 21 heavy (non-hydrogen) atoms. The van der Waals surface area contributed by atoms with E-state index < -0.39 is 0 Å². The molecule has 116 valence electrons. The number of thiophene rings is 1. The Morgan fingerprint density at radius 1 is 1.43 bits per heavy atom. The largest absolute Gasteiger partial charge is 0.336 e. The fourth-order valence-electron chi connectivity index (χ4n) is 3.19. The molecular formula is C16H25N3OS. The molecule has 1 atom stereocenters. The molecule has 0 unspecified atom stereocenters. The zero-order valence-electron chi connectivity index (χ0n) is 12.8. The summed E-state index contributed by atoms with van der Waals surface area (Å²) in [4.78, 5) is 18.0. The van der Waals surface area contributed by atoms with Gasteiger partial charge >= 0.3 is 6.03 Å². The number of rotatable bonds is 5. The summed E-state index contributed by atoms with van der Waals surface area (Å²) in [6.45, 7) is 3.02. The van der Waals surface area contributed by atoms with Crippen LogP contribution in [0.2, 0.25) is 0 Å². The molecule has 1 aliphatic carbocycles.